The summed E-state index contributed by atoms with van der Waals surface area (Å²) >= 11 is -1.29. The van der Waals surface area contributed by atoms with E-state index in [0.29, 0.717) is 24.0 Å². The molecule has 0 saturated heterocycles. The molecule has 2 rings (SSSR count). The average molecular weight is 321 g/mol. The van der Waals surface area contributed by atoms with Crippen LogP contribution < -0.4 is 9.46 Å². The van der Waals surface area contributed by atoms with E-state index in [0.717, 1.165) is 6.07 Å². The quantitative estimate of drug-likeness (QED) is 0.864. The van der Waals surface area contributed by atoms with Gasteiger partial charge in [-0.1, -0.05) is 6.07 Å². The van der Waals surface area contributed by atoms with Crippen LogP contribution in [0, 0.1) is 5.82 Å². The second-order valence-corrected chi connectivity index (χ2v) is 7.91. The van der Waals surface area contributed by atoms with Crippen molar-refractivity contribution in [3.05, 3.63) is 29.1 Å². The molecule has 21 heavy (non-hydrogen) atoms. The van der Waals surface area contributed by atoms with Crippen LogP contribution in [0.25, 0.3) is 0 Å². The van der Waals surface area contributed by atoms with E-state index in [2.05, 4.69) is 9.46 Å². The predicted octanol–water partition coefficient (Wildman–Crippen LogP) is 3.47. The summed E-state index contributed by atoms with van der Waals surface area (Å²) in [6, 6.07) is 2.39. The monoisotopic (exact) mass is 321 g/mol. The van der Waals surface area contributed by atoms with Crippen LogP contribution in [0.2, 0.25) is 0 Å². The Hall–Kier alpha value is -0.920. The van der Waals surface area contributed by atoms with Crippen molar-refractivity contribution in [2.75, 3.05) is 0 Å². The van der Waals surface area contributed by atoms with E-state index in [9.17, 15) is 17.7 Å². The predicted molar refractivity (Wildman–Crippen MR) is 75.1 cm³/mol. The van der Waals surface area contributed by atoms with Crippen molar-refractivity contribution >= 4 is 11.4 Å². The van der Waals surface area contributed by atoms with Crippen molar-refractivity contribution in [2.45, 2.75) is 51.0 Å². The van der Waals surface area contributed by atoms with Gasteiger partial charge in [-0.3, -0.25) is 0 Å². The number of hydrogen-bond acceptors (Lipinski definition) is 3. The molecule has 118 valence electrons. The largest absolute Gasteiger partial charge is 0.598 e. The fourth-order valence-electron chi connectivity index (χ4n) is 2.29. The van der Waals surface area contributed by atoms with Crippen LogP contribution in [0.1, 0.15) is 44.4 Å². The van der Waals surface area contributed by atoms with E-state index < -0.39 is 34.3 Å². The highest BCUT2D eigenvalue weighted by atomic mass is 32.2. The van der Waals surface area contributed by atoms with Crippen LogP contribution >= 0.6 is 0 Å². The summed E-state index contributed by atoms with van der Waals surface area (Å²) < 4.78 is 57.4. The highest BCUT2D eigenvalue weighted by Gasteiger charge is 2.35. The number of benzene rings is 1. The Labute approximate surface area is 125 Å². The van der Waals surface area contributed by atoms with Gasteiger partial charge in [-0.15, -0.1) is 4.72 Å². The minimum Gasteiger partial charge on any atom is -0.598 e. The number of halogens is 3. The van der Waals surface area contributed by atoms with Gasteiger partial charge in [0.2, 0.25) is 0 Å². The molecule has 1 N–H and O–H groups in total. The summed E-state index contributed by atoms with van der Waals surface area (Å²) in [5.41, 5.74) is 1.10. The Bertz CT molecular complexity index is 520. The van der Waals surface area contributed by atoms with Gasteiger partial charge in [-0.2, -0.15) is 8.78 Å². The molecular weight excluding hydrogens is 303 g/mol. The second-order valence-electron chi connectivity index (χ2n) is 5.91. The lowest BCUT2D eigenvalue weighted by Crippen LogP contribution is -2.40. The Balaban J connectivity index is 2.25. The lowest BCUT2D eigenvalue weighted by molar-refractivity contribution is -0.0527. The Morgan fingerprint density at radius 1 is 1.38 bits per heavy atom. The molecule has 1 aliphatic carbocycles. The van der Waals surface area contributed by atoms with Crippen LogP contribution in [-0.2, 0) is 17.8 Å². The van der Waals surface area contributed by atoms with Crippen molar-refractivity contribution in [1.29, 1.82) is 0 Å². The van der Waals surface area contributed by atoms with Gasteiger partial charge >= 0.3 is 6.61 Å². The first-order valence-electron chi connectivity index (χ1n) is 6.64. The Kier molecular flexibility index (Phi) is 4.75. The van der Waals surface area contributed by atoms with E-state index in [1.54, 1.807) is 0 Å². The van der Waals surface area contributed by atoms with Gasteiger partial charge in [0.15, 0.2) is 11.6 Å². The number of fused-ring (bicyclic) bond motifs is 1. The summed E-state index contributed by atoms with van der Waals surface area (Å²) in [5, 5.41) is 0. The SMILES string of the molecule is CC(C)(C)[S@@+]([O-])N[C@@H]1CCc2c1ccc(F)c2OC(F)F. The maximum atomic E-state index is 13.6. The molecule has 0 bridgehead atoms. The summed E-state index contributed by atoms with van der Waals surface area (Å²) in [6.07, 6.45) is 0.981. The van der Waals surface area contributed by atoms with Gasteiger partial charge in [0.1, 0.15) is 4.75 Å². The fourth-order valence-corrected chi connectivity index (χ4v) is 3.14. The summed E-state index contributed by atoms with van der Waals surface area (Å²) in [5.74, 6) is -1.19. The topological polar surface area (TPSA) is 44.3 Å². The highest BCUT2D eigenvalue weighted by Crippen LogP contribution is 2.40. The highest BCUT2D eigenvalue weighted by molar-refractivity contribution is 7.90. The molecule has 1 aromatic carbocycles. The first-order chi connectivity index (χ1) is 9.70. The molecular formula is C14H18F3NO2S. The minimum atomic E-state index is -3.07. The van der Waals surface area contributed by atoms with Crippen LogP contribution in [-0.4, -0.2) is 15.9 Å². The first-order valence-corrected chi connectivity index (χ1v) is 7.79. The van der Waals surface area contributed by atoms with Crippen LogP contribution in [0.3, 0.4) is 0 Å². The standard InChI is InChI=1S/C14H18F3NO2S/c1-14(2,3)21(19)18-11-7-5-9-8(11)4-6-10(15)12(9)20-13(16)17/h4,6,11,13,18H,5,7H2,1-3H3/t11-,21-/m1/s1. The van der Waals surface area contributed by atoms with E-state index >= 15 is 0 Å². The third-order valence-corrected chi connectivity index (χ3v) is 4.93. The number of rotatable bonds is 4. The van der Waals surface area contributed by atoms with E-state index in [1.807, 2.05) is 20.8 Å². The summed E-state index contributed by atoms with van der Waals surface area (Å²) in [7, 11) is 0. The lowest BCUT2D eigenvalue weighted by Gasteiger charge is -2.26. The van der Waals surface area contributed by atoms with Gasteiger partial charge in [-0.25, -0.2) is 4.39 Å². The molecule has 0 radical (unpaired) electrons. The van der Waals surface area contributed by atoms with Crippen LogP contribution in [0.4, 0.5) is 13.2 Å². The van der Waals surface area contributed by atoms with Gasteiger partial charge in [-0.05, 0) is 45.2 Å². The molecule has 0 fully saturated rings. The van der Waals surface area contributed by atoms with Gasteiger partial charge in [0.05, 0.1) is 6.04 Å². The molecule has 0 unspecified atom stereocenters. The van der Waals surface area contributed by atoms with Crippen LogP contribution in [0.5, 0.6) is 5.75 Å². The normalized spacial score (nSPS) is 19.7. The van der Waals surface area contributed by atoms with Crippen molar-refractivity contribution in [1.82, 2.24) is 4.72 Å². The zero-order valence-corrected chi connectivity index (χ0v) is 12.9. The smallest absolute Gasteiger partial charge is 0.387 e. The molecule has 1 aromatic rings. The van der Waals surface area contributed by atoms with E-state index in [4.69, 9.17) is 0 Å². The first kappa shape index (κ1) is 16.5. The van der Waals surface area contributed by atoms with Crippen molar-refractivity contribution in [3.63, 3.8) is 0 Å². The molecule has 7 heteroatoms. The Morgan fingerprint density at radius 3 is 2.62 bits per heavy atom. The fraction of sp³-hybridized carbons (Fsp3) is 0.571. The minimum absolute atomic E-state index is 0.249. The number of alkyl halides is 2. The van der Waals surface area contributed by atoms with Crippen molar-refractivity contribution < 1.29 is 22.5 Å². The zero-order chi connectivity index (χ0) is 15.8. The average Bonchev–Trinajstić information content (AvgIpc) is 2.75. The maximum absolute atomic E-state index is 13.6. The van der Waals surface area contributed by atoms with Gasteiger partial charge < -0.3 is 9.29 Å². The lowest BCUT2D eigenvalue weighted by atomic mass is 10.1. The molecule has 0 aliphatic heterocycles. The Morgan fingerprint density at radius 2 is 2.05 bits per heavy atom. The molecule has 3 nitrogen and oxygen atoms in total. The van der Waals surface area contributed by atoms with E-state index in [1.165, 1.54) is 6.07 Å². The molecule has 0 saturated carbocycles. The second kappa shape index (κ2) is 6.06. The van der Waals surface area contributed by atoms with Crippen molar-refractivity contribution in [2.24, 2.45) is 0 Å². The van der Waals surface area contributed by atoms with Crippen LogP contribution in [0.15, 0.2) is 12.1 Å². The summed E-state index contributed by atoms with van der Waals surface area (Å²) in [4.78, 5) is 0. The maximum Gasteiger partial charge on any atom is 0.387 e. The van der Waals surface area contributed by atoms with Gasteiger partial charge in [0.25, 0.3) is 0 Å². The third-order valence-electron chi connectivity index (χ3n) is 3.32. The van der Waals surface area contributed by atoms with E-state index in [-0.39, 0.29) is 6.04 Å². The number of nitrogens with one attached hydrogen (secondary N) is 1. The summed E-state index contributed by atoms with van der Waals surface area (Å²) in [6.45, 7) is 2.44. The number of hydrogen-bond donors (Lipinski definition) is 1. The molecule has 0 aromatic heterocycles. The van der Waals surface area contributed by atoms with Crippen molar-refractivity contribution in [3.8, 4) is 5.75 Å². The third kappa shape index (κ3) is 3.64. The molecule has 0 amide bonds. The molecule has 0 heterocycles. The molecule has 0 spiro atoms. The van der Waals surface area contributed by atoms with Gasteiger partial charge in [0, 0.05) is 16.9 Å². The zero-order valence-electron chi connectivity index (χ0n) is 12.1. The number of ether oxygens (including phenoxy) is 1. The molecule has 2 atom stereocenters. The molecule has 1 aliphatic rings.